The largest absolute Gasteiger partial charge is 0.326 e. The molecule has 0 heterocycles. The van der Waals surface area contributed by atoms with Gasteiger partial charge in [-0.3, -0.25) is 4.79 Å². The van der Waals surface area contributed by atoms with Gasteiger partial charge in [0, 0.05) is 12.1 Å². The topological polar surface area (TPSA) is 29.1 Å². The van der Waals surface area contributed by atoms with Crippen molar-refractivity contribution in [1.29, 1.82) is 0 Å². The Bertz CT molecular complexity index is 467. The van der Waals surface area contributed by atoms with Crippen molar-refractivity contribution in [2.24, 2.45) is 11.8 Å². The zero-order valence-electron chi connectivity index (χ0n) is 13.8. The summed E-state index contributed by atoms with van der Waals surface area (Å²) in [6.45, 7) is 6.50. The second kappa shape index (κ2) is 9.83. The molecule has 2 rings (SSSR count). The number of carbonyl (C=O) groups excluding carboxylic acids is 1. The molecule has 1 amide bonds. The molecule has 0 spiro atoms. The number of benzene rings is 1. The Kier molecular flexibility index (Phi) is 8.47. The molecule has 0 bridgehead atoms. The maximum absolute atomic E-state index is 13.2. The van der Waals surface area contributed by atoms with Crippen LogP contribution in [0.2, 0.25) is 5.02 Å². The molecule has 1 aromatic rings. The van der Waals surface area contributed by atoms with Crippen molar-refractivity contribution in [2.45, 2.75) is 59.3 Å². The highest BCUT2D eigenvalue weighted by Crippen LogP contribution is 2.27. The molecular formula is C18H27ClFNO. The van der Waals surface area contributed by atoms with Crippen LogP contribution < -0.4 is 5.32 Å². The van der Waals surface area contributed by atoms with E-state index in [9.17, 15) is 9.18 Å². The number of anilines is 1. The van der Waals surface area contributed by atoms with E-state index in [-0.39, 0.29) is 10.9 Å². The minimum Gasteiger partial charge on any atom is -0.326 e. The average molecular weight is 328 g/mol. The first-order valence-electron chi connectivity index (χ1n) is 8.13. The highest BCUT2D eigenvalue weighted by Gasteiger charge is 2.17. The van der Waals surface area contributed by atoms with Crippen LogP contribution in [0.1, 0.15) is 59.3 Å². The van der Waals surface area contributed by atoms with Crippen molar-refractivity contribution in [1.82, 2.24) is 0 Å². The van der Waals surface area contributed by atoms with Gasteiger partial charge in [-0.25, -0.2) is 4.39 Å². The molecule has 0 aromatic heterocycles. The summed E-state index contributed by atoms with van der Waals surface area (Å²) < 4.78 is 13.2. The summed E-state index contributed by atoms with van der Waals surface area (Å²) in [4.78, 5) is 11.8. The van der Waals surface area contributed by atoms with Crippen LogP contribution in [0.25, 0.3) is 0 Å². The minimum atomic E-state index is -0.507. The van der Waals surface area contributed by atoms with Gasteiger partial charge < -0.3 is 5.32 Å². The van der Waals surface area contributed by atoms with Crippen molar-refractivity contribution in [3.63, 3.8) is 0 Å². The number of rotatable bonds is 3. The molecule has 0 aliphatic heterocycles. The fourth-order valence-electron chi connectivity index (χ4n) is 2.44. The van der Waals surface area contributed by atoms with Crippen LogP contribution in [0.5, 0.6) is 0 Å². The molecule has 0 atom stereocenters. The molecule has 0 saturated heterocycles. The van der Waals surface area contributed by atoms with Gasteiger partial charge in [0.2, 0.25) is 5.91 Å². The number of halogens is 2. The van der Waals surface area contributed by atoms with Crippen molar-refractivity contribution in [3.8, 4) is 0 Å². The van der Waals surface area contributed by atoms with E-state index in [2.05, 4.69) is 26.1 Å². The summed E-state index contributed by atoms with van der Waals surface area (Å²) in [5.74, 6) is 0.770. The van der Waals surface area contributed by atoms with Crippen LogP contribution in [0.3, 0.4) is 0 Å². The molecule has 1 aliphatic carbocycles. The van der Waals surface area contributed by atoms with Crippen LogP contribution >= 0.6 is 11.6 Å². The molecule has 0 radical (unpaired) electrons. The van der Waals surface area contributed by atoms with E-state index >= 15 is 0 Å². The molecule has 1 saturated carbocycles. The van der Waals surface area contributed by atoms with Gasteiger partial charge in [0.15, 0.2) is 0 Å². The fourth-order valence-corrected chi connectivity index (χ4v) is 2.56. The second-order valence-corrected chi connectivity index (χ2v) is 7.02. The van der Waals surface area contributed by atoms with Gasteiger partial charge >= 0.3 is 0 Å². The van der Waals surface area contributed by atoms with Gasteiger partial charge in [0.1, 0.15) is 5.82 Å². The summed E-state index contributed by atoms with van der Waals surface area (Å²) in [5.41, 5.74) is 0.470. The van der Waals surface area contributed by atoms with E-state index in [1.165, 1.54) is 31.4 Å². The number of hydrogen-bond acceptors (Lipinski definition) is 1. The van der Waals surface area contributed by atoms with Crippen LogP contribution in [0.4, 0.5) is 10.1 Å². The third-order valence-corrected chi connectivity index (χ3v) is 3.71. The number of amides is 1. The molecule has 1 fully saturated rings. The number of hydrogen-bond donors (Lipinski definition) is 1. The lowest BCUT2D eigenvalue weighted by Gasteiger charge is -2.20. The van der Waals surface area contributed by atoms with Gasteiger partial charge in [0.25, 0.3) is 0 Å². The zero-order valence-corrected chi connectivity index (χ0v) is 14.5. The Morgan fingerprint density at radius 1 is 1.27 bits per heavy atom. The summed E-state index contributed by atoms with van der Waals surface area (Å²) in [5, 5.41) is 2.79. The van der Waals surface area contributed by atoms with Gasteiger partial charge in [-0.2, -0.15) is 0 Å². The molecule has 0 unspecified atom stereocenters. The van der Waals surface area contributed by atoms with Gasteiger partial charge in [-0.1, -0.05) is 51.6 Å². The van der Waals surface area contributed by atoms with E-state index < -0.39 is 5.82 Å². The first kappa shape index (κ1) is 19.0. The molecule has 22 heavy (non-hydrogen) atoms. The Morgan fingerprint density at radius 3 is 2.41 bits per heavy atom. The van der Waals surface area contributed by atoms with E-state index in [0.717, 1.165) is 18.8 Å². The van der Waals surface area contributed by atoms with Crippen LogP contribution in [-0.2, 0) is 4.79 Å². The van der Waals surface area contributed by atoms with E-state index in [1.807, 2.05) is 0 Å². The number of carbonyl (C=O) groups is 1. The maximum Gasteiger partial charge on any atom is 0.224 e. The molecule has 1 aromatic carbocycles. The third kappa shape index (κ3) is 7.79. The van der Waals surface area contributed by atoms with E-state index in [4.69, 9.17) is 11.6 Å². The first-order valence-corrected chi connectivity index (χ1v) is 8.51. The summed E-state index contributed by atoms with van der Waals surface area (Å²) in [6.07, 6.45) is 6.50. The summed E-state index contributed by atoms with van der Waals surface area (Å²) in [6, 6.07) is 4.32. The van der Waals surface area contributed by atoms with Crippen molar-refractivity contribution in [2.75, 3.05) is 5.32 Å². The Balaban J connectivity index is 0.000000541. The van der Waals surface area contributed by atoms with E-state index in [0.29, 0.717) is 18.0 Å². The molecule has 1 aliphatic rings. The average Bonchev–Trinajstić information content (AvgIpc) is 2.43. The predicted molar refractivity (Wildman–Crippen MR) is 91.7 cm³/mol. The highest BCUT2D eigenvalue weighted by atomic mass is 35.5. The third-order valence-electron chi connectivity index (χ3n) is 3.40. The van der Waals surface area contributed by atoms with Crippen molar-refractivity contribution >= 4 is 23.2 Å². The molecular weight excluding hydrogens is 301 g/mol. The smallest absolute Gasteiger partial charge is 0.224 e. The minimum absolute atomic E-state index is 0.0383. The lowest BCUT2D eigenvalue weighted by Crippen LogP contribution is -2.18. The van der Waals surface area contributed by atoms with Crippen molar-refractivity contribution in [3.05, 3.63) is 29.0 Å². The van der Waals surface area contributed by atoms with Crippen LogP contribution in [0.15, 0.2) is 18.2 Å². The molecule has 4 heteroatoms. The maximum atomic E-state index is 13.2. The summed E-state index contributed by atoms with van der Waals surface area (Å²) in [7, 11) is 0. The normalized spacial score (nSPS) is 15.2. The standard InChI is InChI=1S/C14H17ClFNO.C4H10/c15-12-7-6-11(9-13(12)16)17-14(18)8-10-4-2-1-3-5-10;1-4(2)3/h6-7,9-10H,1-5,8H2,(H,17,18);4H,1-3H3. The molecule has 2 nitrogen and oxygen atoms in total. The molecule has 124 valence electrons. The highest BCUT2D eigenvalue weighted by molar-refractivity contribution is 6.30. The lowest BCUT2D eigenvalue weighted by atomic mass is 9.87. The Morgan fingerprint density at radius 2 is 1.86 bits per heavy atom. The Labute approximate surface area is 138 Å². The van der Waals surface area contributed by atoms with E-state index in [1.54, 1.807) is 6.07 Å². The monoisotopic (exact) mass is 327 g/mol. The lowest BCUT2D eigenvalue weighted by molar-refractivity contribution is -0.117. The summed E-state index contributed by atoms with van der Waals surface area (Å²) >= 11 is 5.59. The SMILES string of the molecule is CC(C)C.O=C(CC1CCCCC1)Nc1ccc(Cl)c(F)c1. The first-order chi connectivity index (χ1) is 10.4. The molecule has 1 N–H and O–H groups in total. The van der Waals surface area contributed by atoms with Crippen LogP contribution in [0, 0.1) is 17.7 Å². The van der Waals surface area contributed by atoms with Crippen LogP contribution in [-0.4, -0.2) is 5.91 Å². The number of nitrogens with one attached hydrogen (secondary N) is 1. The van der Waals surface area contributed by atoms with Gasteiger partial charge in [-0.15, -0.1) is 0 Å². The van der Waals surface area contributed by atoms with Gasteiger partial charge in [-0.05, 0) is 42.9 Å². The zero-order chi connectivity index (χ0) is 16.5. The second-order valence-electron chi connectivity index (χ2n) is 6.62. The fraction of sp³-hybridized carbons (Fsp3) is 0.611. The van der Waals surface area contributed by atoms with Crippen molar-refractivity contribution < 1.29 is 9.18 Å². The van der Waals surface area contributed by atoms with Gasteiger partial charge in [0.05, 0.1) is 5.02 Å². The quantitative estimate of drug-likeness (QED) is 0.719. The predicted octanol–water partition coefficient (Wildman–Crippen LogP) is 6.05. The Hall–Kier alpha value is -1.09.